The zero-order chi connectivity index (χ0) is 19.1. The number of amides is 1. The summed E-state index contributed by atoms with van der Waals surface area (Å²) < 4.78 is 6.74. The summed E-state index contributed by atoms with van der Waals surface area (Å²) in [6.07, 6.45) is 1.53. The molecule has 0 radical (unpaired) electrons. The normalized spacial score (nSPS) is 10.5. The number of carbonyl (C=O) groups is 1. The van der Waals surface area contributed by atoms with Crippen LogP contribution in [-0.4, -0.2) is 12.1 Å². The largest absolute Gasteiger partial charge is 0.488 e. The molecule has 27 heavy (non-hydrogen) atoms. The van der Waals surface area contributed by atoms with Crippen LogP contribution in [0, 0.1) is 11.3 Å². The molecule has 2 aromatic carbocycles. The van der Waals surface area contributed by atoms with Crippen molar-refractivity contribution in [2.45, 2.75) is 6.61 Å². The summed E-state index contributed by atoms with van der Waals surface area (Å²) >= 11 is 4.77. The van der Waals surface area contributed by atoms with Crippen LogP contribution in [0.1, 0.15) is 26.4 Å². The van der Waals surface area contributed by atoms with E-state index in [1.165, 1.54) is 17.6 Å². The van der Waals surface area contributed by atoms with Gasteiger partial charge in [-0.1, -0.05) is 40.2 Å². The van der Waals surface area contributed by atoms with Crippen molar-refractivity contribution < 1.29 is 9.53 Å². The van der Waals surface area contributed by atoms with Crippen LogP contribution >= 0.6 is 27.3 Å². The van der Waals surface area contributed by atoms with Crippen molar-refractivity contribution in [2.24, 2.45) is 5.10 Å². The third-order valence-corrected chi connectivity index (χ3v) is 4.97. The highest BCUT2D eigenvalue weighted by Gasteiger charge is 2.07. The van der Waals surface area contributed by atoms with Crippen molar-refractivity contribution in [2.75, 3.05) is 0 Å². The van der Waals surface area contributed by atoms with Gasteiger partial charge >= 0.3 is 0 Å². The molecule has 1 amide bonds. The Hall–Kier alpha value is -2.95. The zero-order valence-corrected chi connectivity index (χ0v) is 16.5. The standard InChI is InChI=1S/C20H14BrN3O2S/c21-17-7-8-18(26-13-15-5-2-1-4-14(15)11-22)16(10-17)12-23-24-20(25)19-6-3-9-27-19/h1-10,12H,13H2,(H,24,25). The molecular weight excluding hydrogens is 426 g/mol. The highest BCUT2D eigenvalue weighted by molar-refractivity contribution is 9.10. The van der Waals surface area contributed by atoms with Crippen LogP contribution in [0.4, 0.5) is 0 Å². The van der Waals surface area contributed by atoms with Crippen LogP contribution in [0.25, 0.3) is 0 Å². The van der Waals surface area contributed by atoms with Crippen molar-refractivity contribution in [3.63, 3.8) is 0 Å². The van der Waals surface area contributed by atoms with Gasteiger partial charge in [0.25, 0.3) is 5.91 Å². The predicted octanol–water partition coefficient (Wildman–Crippen LogP) is 4.73. The second-order valence-corrected chi connectivity index (χ2v) is 7.28. The minimum atomic E-state index is -0.262. The summed E-state index contributed by atoms with van der Waals surface area (Å²) in [6, 6.07) is 18.5. The molecule has 1 heterocycles. The van der Waals surface area contributed by atoms with Gasteiger partial charge in [0.05, 0.1) is 22.7 Å². The van der Waals surface area contributed by atoms with Crippen molar-refractivity contribution in [1.29, 1.82) is 5.26 Å². The minimum Gasteiger partial charge on any atom is -0.488 e. The second-order valence-electron chi connectivity index (χ2n) is 5.42. The van der Waals surface area contributed by atoms with E-state index in [0.717, 1.165) is 10.0 Å². The molecule has 1 aromatic heterocycles. The summed E-state index contributed by atoms with van der Waals surface area (Å²) in [5.74, 6) is 0.335. The van der Waals surface area contributed by atoms with E-state index in [2.05, 4.69) is 32.5 Å². The van der Waals surface area contributed by atoms with Gasteiger partial charge in [0.15, 0.2) is 0 Å². The number of rotatable bonds is 6. The first kappa shape index (κ1) is 18.8. The molecule has 0 fully saturated rings. The summed E-state index contributed by atoms with van der Waals surface area (Å²) in [5.41, 5.74) is 4.58. The summed E-state index contributed by atoms with van der Waals surface area (Å²) in [6.45, 7) is 0.258. The molecule has 0 bridgehead atoms. The smallest absolute Gasteiger partial charge is 0.281 e. The summed E-state index contributed by atoms with van der Waals surface area (Å²) in [4.78, 5) is 12.5. The van der Waals surface area contributed by atoms with Gasteiger partial charge < -0.3 is 4.74 Å². The van der Waals surface area contributed by atoms with Crippen molar-refractivity contribution in [3.05, 3.63) is 86.0 Å². The molecule has 0 aliphatic carbocycles. The zero-order valence-electron chi connectivity index (χ0n) is 14.1. The quantitative estimate of drug-likeness (QED) is 0.445. The first-order valence-corrected chi connectivity index (χ1v) is 9.62. The fourth-order valence-corrected chi connectivity index (χ4v) is 3.28. The molecule has 5 nitrogen and oxygen atoms in total. The molecule has 134 valence electrons. The highest BCUT2D eigenvalue weighted by Crippen LogP contribution is 2.23. The van der Waals surface area contributed by atoms with Gasteiger partial charge in [0, 0.05) is 15.6 Å². The lowest BCUT2D eigenvalue weighted by Gasteiger charge is -2.10. The molecule has 0 atom stereocenters. The Labute approximate surface area is 169 Å². The topological polar surface area (TPSA) is 74.5 Å². The molecular formula is C20H14BrN3O2S. The number of thiophene rings is 1. The predicted molar refractivity (Wildman–Crippen MR) is 109 cm³/mol. The molecule has 0 saturated carbocycles. The number of hydrogen-bond acceptors (Lipinski definition) is 5. The average molecular weight is 440 g/mol. The first-order valence-electron chi connectivity index (χ1n) is 7.94. The Morgan fingerprint density at radius 2 is 2.11 bits per heavy atom. The molecule has 0 aliphatic rings. The highest BCUT2D eigenvalue weighted by atomic mass is 79.9. The molecule has 0 saturated heterocycles. The molecule has 0 spiro atoms. The van der Waals surface area contributed by atoms with Crippen molar-refractivity contribution >= 4 is 39.4 Å². The number of ether oxygens (including phenoxy) is 1. The maximum atomic E-state index is 11.9. The molecule has 0 unspecified atom stereocenters. The minimum absolute atomic E-state index is 0.258. The number of halogens is 1. The molecule has 3 aromatic rings. The van der Waals surface area contributed by atoms with E-state index in [1.807, 2.05) is 47.8 Å². The van der Waals surface area contributed by atoms with E-state index < -0.39 is 0 Å². The first-order chi connectivity index (χ1) is 13.2. The van der Waals surface area contributed by atoms with Crippen LogP contribution in [-0.2, 0) is 6.61 Å². The number of carbonyl (C=O) groups excluding carboxylic acids is 1. The SMILES string of the molecule is N#Cc1ccccc1COc1ccc(Br)cc1C=NNC(=O)c1cccs1. The molecule has 7 heteroatoms. The van der Waals surface area contributed by atoms with E-state index in [1.54, 1.807) is 12.1 Å². The van der Waals surface area contributed by atoms with Gasteiger partial charge in [-0.3, -0.25) is 4.79 Å². The molecule has 0 aliphatic heterocycles. The molecule has 1 N–H and O–H groups in total. The number of hydrazone groups is 1. The van der Waals surface area contributed by atoms with Crippen LogP contribution in [0.5, 0.6) is 5.75 Å². The van der Waals surface area contributed by atoms with Crippen LogP contribution in [0.3, 0.4) is 0 Å². The fraction of sp³-hybridized carbons (Fsp3) is 0.0500. The van der Waals surface area contributed by atoms with Gasteiger partial charge in [-0.25, -0.2) is 5.43 Å². The Balaban J connectivity index is 1.72. The van der Waals surface area contributed by atoms with Gasteiger partial charge in [0.1, 0.15) is 12.4 Å². The van der Waals surface area contributed by atoms with E-state index in [-0.39, 0.29) is 12.5 Å². The van der Waals surface area contributed by atoms with E-state index in [9.17, 15) is 10.1 Å². The third kappa shape index (κ3) is 5.03. The fourth-order valence-electron chi connectivity index (χ4n) is 2.29. The van der Waals surface area contributed by atoms with Crippen molar-refractivity contribution in [1.82, 2.24) is 5.43 Å². The lowest BCUT2D eigenvalue weighted by Crippen LogP contribution is -2.16. The number of hydrogen-bond donors (Lipinski definition) is 1. The van der Waals surface area contributed by atoms with Crippen LogP contribution in [0.2, 0.25) is 0 Å². The second kappa shape index (κ2) is 9.12. The van der Waals surface area contributed by atoms with Gasteiger partial charge in [-0.15, -0.1) is 11.3 Å². The Kier molecular flexibility index (Phi) is 6.36. The average Bonchev–Trinajstić information content (AvgIpc) is 3.22. The molecule has 3 rings (SSSR count). The maximum Gasteiger partial charge on any atom is 0.281 e. The Morgan fingerprint density at radius 3 is 2.89 bits per heavy atom. The van der Waals surface area contributed by atoms with Gasteiger partial charge in [-0.2, -0.15) is 10.4 Å². The number of nitrogens with zero attached hydrogens (tertiary/aromatic N) is 2. The Morgan fingerprint density at radius 1 is 1.26 bits per heavy atom. The van der Waals surface area contributed by atoms with Gasteiger partial charge in [-0.05, 0) is 35.7 Å². The maximum absolute atomic E-state index is 11.9. The number of benzene rings is 2. The monoisotopic (exact) mass is 439 g/mol. The Bertz CT molecular complexity index is 1010. The number of nitrogens with one attached hydrogen (secondary N) is 1. The summed E-state index contributed by atoms with van der Waals surface area (Å²) in [5, 5.41) is 15.0. The van der Waals surface area contributed by atoms with Crippen LogP contribution in [0.15, 0.2) is 69.6 Å². The van der Waals surface area contributed by atoms with E-state index in [0.29, 0.717) is 21.8 Å². The van der Waals surface area contributed by atoms with Gasteiger partial charge in [0.2, 0.25) is 0 Å². The summed E-state index contributed by atoms with van der Waals surface area (Å²) in [7, 11) is 0. The van der Waals surface area contributed by atoms with Crippen LogP contribution < -0.4 is 10.2 Å². The lowest BCUT2D eigenvalue weighted by molar-refractivity contribution is 0.0959. The van der Waals surface area contributed by atoms with Crippen molar-refractivity contribution in [3.8, 4) is 11.8 Å². The number of nitriles is 1. The third-order valence-electron chi connectivity index (χ3n) is 3.61. The lowest BCUT2D eigenvalue weighted by atomic mass is 10.1. The van der Waals surface area contributed by atoms with E-state index >= 15 is 0 Å². The van der Waals surface area contributed by atoms with E-state index in [4.69, 9.17) is 4.74 Å².